The molecule has 2 heterocycles. The van der Waals surface area contributed by atoms with E-state index in [-0.39, 0.29) is 5.69 Å². The maximum absolute atomic E-state index is 10.7. The number of hydrogen-bond acceptors (Lipinski definition) is 6. The van der Waals surface area contributed by atoms with E-state index >= 15 is 0 Å². The molecule has 0 amide bonds. The van der Waals surface area contributed by atoms with Crippen molar-refractivity contribution in [1.82, 2.24) is 0 Å². The van der Waals surface area contributed by atoms with Crippen molar-refractivity contribution in [2.45, 2.75) is 6.23 Å². The van der Waals surface area contributed by atoms with Crippen molar-refractivity contribution in [3.63, 3.8) is 0 Å². The van der Waals surface area contributed by atoms with Gasteiger partial charge in [0.25, 0.3) is 5.69 Å². The van der Waals surface area contributed by atoms with Gasteiger partial charge in [-0.1, -0.05) is 11.3 Å². The number of rotatable bonds is 3. The third kappa shape index (κ3) is 2.05. The van der Waals surface area contributed by atoms with Crippen LogP contribution >= 0.6 is 11.3 Å². The van der Waals surface area contributed by atoms with E-state index in [1.807, 2.05) is 0 Å². The maximum Gasteiger partial charge on any atom is 0.311 e. The van der Waals surface area contributed by atoms with Gasteiger partial charge in [0.2, 0.25) is 6.23 Å². The SMILES string of the molecule is C=[N+](O)c1ccc(C2Nc3cc([N+](=O)[O-])ccc3O2)s1. The van der Waals surface area contributed by atoms with Crippen LogP contribution in [0.15, 0.2) is 30.3 Å². The second-order valence-corrected chi connectivity index (χ2v) is 5.25. The molecule has 1 unspecified atom stereocenters. The van der Waals surface area contributed by atoms with Gasteiger partial charge >= 0.3 is 5.00 Å². The van der Waals surface area contributed by atoms with E-state index in [0.717, 1.165) is 9.62 Å². The third-order valence-corrected chi connectivity index (χ3v) is 3.97. The molecule has 0 bridgehead atoms. The Hall–Kier alpha value is -2.61. The highest BCUT2D eigenvalue weighted by molar-refractivity contribution is 7.15. The molecular weight excluding hydrogens is 282 g/mol. The van der Waals surface area contributed by atoms with Crippen molar-refractivity contribution < 1.29 is 19.6 Å². The molecule has 0 fully saturated rings. The zero-order valence-corrected chi connectivity index (χ0v) is 11.0. The van der Waals surface area contributed by atoms with Crippen LogP contribution in [-0.4, -0.2) is 21.6 Å². The predicted molar refractivity (Wildman–Crippen MR) is 73.2 cm³/mol. The molecule has 0 saturated heterocycles. The standard InChI is InChI=1S/C12H10N3O4S/c1-14(16)11-5-4-10(20-11)12-13-8-6-7(15(17)18)2-3-9(8)19-12/h2-6,12-13,16H,1H2/q+1. The molecule has 1 atom stereocenters. The minimum Gasteiger partial charge on any atom is -0.463 e. The van der Waals surface area contributed by atoms with Gasteiger partial charge in [-0.05, 0) is 12.1 Å². The van der Waals surface area contributed by atoms with E-state index in [9.17, 15) is 15.3 Å². The van der Waals surface area contributed by atoms with Crippen LogP contribution in [0.1, 0.15) is 11.1 Å². The Morgan fingerprint density at radius 3 is 2.85 bits per heavy atom. The van der Waals surface area contributed by atoms with Gasteiger partial charge in [-0.15, -0.1) is 0 Å². The van der Waals surface area contributed by atoms with E-state index in [2.05, 4.69) is 12.0 Å². The zero-order chi connectivity index (χ0) is 14.3. The molecule has 20 heavy (non-hydrogen) atoms. The average Bonchev–Trinajstić information content (AvgIpc) is 3.04. The Morgan fingerprint density at radius 2 is 2.20 bits per heavy atom. The fraction of sp³-hybridized carbons (Fsp3) is 0.0833. The maximum atomic E-state index is 10.7. The molecule has 3 rings (SSSR count). The molecule has 0 saturated carbocycles. The number of nitrogens with zero attached hydrogens (tertiary/aromatic N) is 2. The molecule has 2 aromatic rings. The summed E-state index contributed by atoms with van der Waals surface area (Å²) in [5, 5.41) is 23.6. The molecule has 0 spiro atoms. The Labute approximate surface area is 117 Å². The summed E-state index contributed by atoms with van der Waals surface area (Å²) in [5.41, 5.74) is 0.585. The molecule has 1 aliphatic rings. The summed E-state index contributed by atoms with van der Waals surface area (Å²) in [5.74, 6) is 0.561. The van der Waals surface area contributed by atoms with Crippen LogP contribution in [-0.2, 0) is 0 Å². The van der Waals surface area contributed by atoms with Gasteiger partial charge in [0.05, 0.1) is 15.5 Å². The Kier molecular flexibility index (Phi) is 2.79. The number of ether oxygens (including phenoxy) is 1. The minimum atomic E-state index is -0.453. The van der Waals surface area contributed by atoms with Crippen LogP contribution in [0.2, 0.25) is 0 Å². The lowest BCUT2D eigenvalue weighted by Gasteiger charge is -2.07. The number of fused-ring (bicyclic) bond motifs is 1. The fourth-order valence-corrected chi connectivity index (χ4v) is 2.73. The zero-order valence-electron chi connectivity index (χ0n) is 10.1. The summed E-state index contributed by atoms with van der Waals surface area (Å²) < 4.78 is 6.46. The highest BCUT2D eigenvalue weighted by Crippen LogP contribution is 2.42. The van der Waals surface area contributed by atoms with E-state index in [0.29, 0.717) is 16.4 Å². The highest BCUT2D eigenvalue weighted by Gasteiger charge is 2.27. The van der Waals surface area contributed by atoms with Crippen molar-refractivity contribution in [2.24, 2.45) is 0 Å². The molecule has 0 radical (unpaired) electrons. The summed E-state index contributed by atoms with van der Waals surface area (Å²) in [4.78, 5) is 11.1. The Bertz CT molecular complexity index is 712. The van der Waals surface area contributed by atoms with Crippen LogP contribution in [0.3, 0.4) is 0 Å². The van der Waals surface area contributed by atoms with Crippen molar-refractivity contribution in [3.8, 4) is 5.75 Å². The van der Waals surface area contributed by atoms with Gasteiger partial charge in [-0.3, -0.25) is 15.3 Å². The third-order valence-electron chi connectivity index (χ3n) is 2.83. The molecule has 2 N–H and O–H groups in total. The fourth-order valence-electron chi connectivity index (χ4n) is 1.90. The number of nitrogens with one attached hydrogen (secondary N) is 1. The second-order valence-electron chi connectivity index (χ2n) is 4.16. The molecule has 1 aliphatic heterocycles. The quantitative estimate of drug-likeness (QED) is 0.298. The van der Waals surface area contributed by atoms with Crippen LogP contribution < -0.4 is 10.1 Å². The van der Waals surface area contributed by atoms with Crippen molar-refractivity contribution in [2.75, 3.05) is 5.32 Å². The number of hydrogen-bond donors (Lipinski definition) is 2. The second kappa shape index (κ2) is 4.49. The number of non-ortho nitro benzene ring substituents is 1. The first-order valence-electron chi connectivity index (χ1n) is 5.65. The number of nitro benzene ring substituents is 1. The monoisotopic (exact) mass is 292 g/mol. The van der Waals surface area contributed by atoms with Crippen LogP contribution in [0, 0.1) is 10.1 Å². The normalized spacial score (nSPS) is 16.1. The van der Waals surface area contributed by atoms with E-state index in [4.69, 9.17) is 4.74 Å². The first-order valence-corrected chi connectivity index (χ1v) is 6.47. The molecule has 8 heteroatoms. The summed E-state index contributed by atoms with van der Waals surface area (Å²) in [6.45, 7) is 3.38. The molecule has 0 aliphatic carbocycles. The van der Waals surface area contributed by atoms with Crippen molar-refractivity contribution in [3.05, 3.63) is 45.3 Å². The molecule has 1 aromatic carbocycles. The van der Waals surface area contributed by atoms with Crippen molar-refractivity contribution in [1.29, 1.82) is 0 Å². The summed E-state index contributed by atoms with van der Waals surface area (Å²) in [6, 6.07) is 7.91. The number of thiophene rings is 1. The van der Waals surface area contributed by atoms with Gasteiger partial charge in [0.15, 0.2) is 6.72 Å². The first kappa shape index (κ1) is 12.4. The van der Waals surface area contributed by atoms with Crippen LogP contribution in [0.25, 0.3) is 0 Å². The lowest BCUT2D eigenvalue weighted by molar-refractivity contribution is -0.703. The summed E-state index contributed by atoms with van der Waals surface area (Å²) >= 11 is 1.31. The topological polar surface area (TPSA) is 87.6 Å². The van der Waals surface area contributed by atoms with E-state index < -0.39 is 11.2 Å². The van der Waals surface area contributed by atoms with Gasteiger partial charge in [-0.25, -0.2) is 0 Å². The first-order chi connectivity index (χ1) is 9.54. The number of nitro groups is 1. The van der Waals surface area contributed by atoms with Gasteiger partial charge in [0, 0.05) is 22.9 Å². The average molecular weight is 292 g/mol. The lowest BCUT2D eigenvalue weighted by Crippen LogP contribution is -2.07. The minimum absolute atomic E-state index is 0.00617. The smallest absolute Gasteiger partial charge is 0.311 e. The van der Waals surface area contributed by atoms with Crippen LogP contribution in [0.4, 0.5) is 16.4 Å². The predicted octanol–water partition coefficient (Wildman–Crippen LogP) is 2.89. The number of benzene rings is 1. The Balaban J connectivity index is 1.85. The number of anilines is 1. The molecule has 1 aromatic heterocycles. The van der Waals surface area contributed by atoms with Gasteiger partial charge in [-0.2, -0.15) is 0 Å². The van der Waals surface area contributed by atoms with Crippen LogP contribution in [0.5, 0.6) is 5.75 Å². The largest absolute Gasteiger partial charge is 0.463 e. The summed E-state index contributed by atoms with van der Waals surface area (Å²) in [7, 11) is 0. The lowest BCUT2D eigenvalue weighted by atomic mass is 10.2. The molecule has 102 valence electrons. The molecule has 7 nitrogen and oxygen atoms in total. The highest BCUT2D eigenvalue weighted by atomic mass is 32.1. The molecular formula is C12H10N3O4S+. The van der Waals surface area contributed by atoms with Gasteiger partial charge in [0.1, 0.15) is 5.75 Å². The Morgan fingerprint density at radius 1 is 1.40 bits per heavy atom. The van der Waals surface area contributed by atoms with E-state index in [1.54, 1.807) is 18.2 Å². The van der Waals surface area contributed by atoms with Crippen molar-refractivity contribution >= 4 is 34.4 Å². The summed E-state index contributed by atoms with van der Waals surface area (Å²) in [6.07, 6.45) is -0.425. The van der Waals surface area contributed by atoms with E-state index in [1.165, 1.54) is 23.5 Å². The van der Waals surface area contributed by atoms with Gasteiger partial charge < -0.3 is 10.1 Å².